The number of rotatable bonds is 1. The number of nitrogens with zero attached hydrogens (tertiary/aromatic N) is 1. The van der Waals surface area contributed by atoms with Crippen molar-refractivity contribution in [2.75, 3.05) is 0 Å². The zero-order chi connectivity index (χ0) is 9.30. The van der Waals surface area contributed by atoms with Gasteiger partial charge in [-0.3, -0.25) is 4.90 Å². The minimum Gasteiger partial charge on any atom is -0.308 e. The van der Waals surface area contributed by atoms with Crippen LogP contribution in [0, 0.1) is 0 Å². The van der Waals surface area contributed by atoms with Gasteiger partial charge < -0.3 is 5.32 Å². The molecule has 3 nitrogen and oxygen atoms in total. The van der Waals surface area contributed by atoms with Crippen molar-refractivity contribution in [3.63, 3.8) is 0 Å². The molecule has 0 aromatic carbocycles. The van der Waals surface area contributed by atoms with E-state index in [4.69, 9.17) is 0 Å². The SMILES string of the molecule is C=C1C=C(C)N(C(C)C)C(=O)N1. The van der Waals surface area contributed by atoms with Gasteiger partial charge in [-0.1, -0.05) is 6.58 Å². The molecule has 0 radical (unpaired) electrons. The van der Waals surface area contributed by atoms with Gasteiger partial charge in [0.25, 0.3) is 0 Å². The summed E-state index contributed by atoms with van der Waals surface area (Å²) in [6.45, 7) is 9.53. The normalized spacial score (nSPS) is 18.0. The van der Waals surface area contributed by atoms with Crippen LogP contribution in [0.2, 0.25) is 0 Å². The molecule has 0 saturated heterocycles. The molecule has 1 aliphatic heterocycles. The first-order valence-electron chi connectivity index (χ1n) is 4.00. The second-order valence-corrected chi connectivity index (χ2v) is 3.20. The Kier molecular flexibility index (Phi) is 2.22. The molecule has 1 N–H and O–H groups in total. The fraction of sp³-hybridized carbons (Fsp3) is 0.444. The third-order valence-electron chi connectivity index (χ3n) is 1.77. The molecule has 2 amide bonds. The first-order chi connectivity index (χ1) is 5.52. The summed E-state index contributed by atoms with van der Waals surface area (Å²) in [6, 6.07) is 0.101. The summed E-state index contributed by atoms with van der Waals surface area (Å²) >= 11 is 0. The highest BCUT2D eigenvalue weighted by Gasteiger charge is 2.22. The molecule has 0 fully saturated rings. The lowest BCUT2D eigenvalue weighted by atomic mass is 10.2. The van der Waals surface area contributed by atoms with E-state index in [0.717, 1.165) is 5.70 Å². The van der Waals surface area contributed by atoms with Gasteiger partial charge in [-0.2, -0.15) is 0 Å². The molecule has 0 saturated carbocycles. The maximum Gasteiger partial charge on any atom is 0.326 e. The molecule has 0 unspecified atom stereocenters. The molecule has 3 heteroatoms. The lowest BCUT2D eigenvalue weighted by molar-refractivity contribution is 0.201. The number of hydrogen-bond donors (Lipinski definition) is 1. The Morgan fingerprint density at radius 2 is 2.17 bits per heavy atom. The van der Waals surface area contributed by atoms with E-state index in [1.807, 2.05) is 26.8 Å². The highest BCUT2D eigenvalue weighted by Crippen LogP contribution is 2.15. The number of amides is 2. The summed E-state index contributed by atoms with van der Waals surface area (Å²) in [5.74, 6) is 0. The van der Waals surface area contributed by atoms with Crippen LogP contribution in [0.15, 0.2) is 24.0 Å². The molecule has 12 heavy (non-hydrogen) atoms. The smallest absolute Gasteiger partial charge is 0.308 e. The molecule has 0 aromatic heterocycles. The maximum absolute atomic E-state index is 11.4. The third-order valence-corrected chi connectivity index (χ3v) is 1.77. The van der Waals surface area contributed by atoms with Crippen molar-refractivity contribution in [2.24, 2.45) is 0 Å². The second-order valence-electron chi connectivity index (χ2n) is 3.20. The highest BCUT2D eigenvalue weighted by molar-refractivity contribution is 5.80. The molecule has 66 valence electrons. The van der Waals surface area contributed by atoms with Crippen LogP contribution < -0.4 is 5.32 Å². The monoisotopic (exact) mass is 166 g/mol. The number of hydrogen-bond acceptors (Lipinski definition) is 1. The Bertz CT molecular complexity index is 253. The van der Waals surface area contributed by atoms with Gasteiger partial charge in [0.1, 0.15) is 0 Å². The van der Waals surface area contributed by atoms with Crippen molar-refractivity contribution in [2.45, 2.75) is 26.8 Å². The van der Waals surface area contributed by atoms with Gasteiger partial charge in [-0.05, 0) is 26.8 Å². The number of urea groups is 1. The predicted molar refractivity (Wildman–Crippen MR) is 48.4 cm³/mol. The predicted octanol–water partition coefficient (Wildman–Crippen LogP) is 1.84. The largest absolute Gasteiger partial charge is 0.326 e. The zero-order valence-corrected chi connectivity index (χ0v) is 7.72. The van der Waals surface area contributed by atoms with E-state index in [9.17, 15) is 4.79 Å². The van der Waals surface area contributed by atoms with Crippen molar-refractivity contribution in [3.05, 3.63) is 24.0 Å². The molecule has 0 aliphatic carbocycles. The summed E-state index contributed by atoms with van der Waals surface area (Å²) in [4.78, 5) is 13.1. The number of carbonyl (C=O) groups excluding carboxylic acids is 1. The van der Waals surface area contributed by atoms with Gasteiger partial charge in [-0.25, -0.2) is 4.79 Å². The fourth-order valence-corrected chi connectivity index (χ4v) is 1.36. The third kappa shape index (κ3) is 1.49. The zero-order valence-electron chi connectivity index (χ0n) is 7.72. The number of allylic oxidation sites excluding steroid dienone is 2. The van der Waals surface area contributed by atoms with E-state index in [1.54, 1.807) is 4.90 Å². The van der Waals surface area contributed by atoms with Crippen LogP contribution >= 0.6 is 0 Å². The first kappa shape index (κ1) is 8.84. The molecule has 1 heterocycles. The molecule has 0 spiro atoms. The summed E-state index contributed by atoms with van der Waals surface area (Å²) in [5.41, 5.74) is 1.60. The van der Waals surface area contributed by atoms with Crippen LogP contribution in [0.25, 0.3) is 0 Å². The highest BCUT2D eigenvalue weighted by atomic mass is 16.2. The van der Waals surface area contributed by atoms with Gasteiger partial charge in [0.05, 0.1) is 0 Å². The van der Waals surface area contributed by atoms with Crippen molar-refractivity contribution in [3.8, 4) is 0 Å². The number of nitrogens with one attached hydrogen (secondary N) is 1. The summed E-state index contributed by atoms with van der Waals surface area (Å²) in [7, 11) is 0. The summed E-state index contributed by atoms with van der Waals surface area (Å²) in [5, 5.41) is 2.66. The van der Waals surface area contributed by atoms with Crippen LogP contribution in [-0.2, 0) is 0 Å². The van der Waals surface area contributed by atoms with Crippen LogP contribution in [0.4, 0.5) is 4.79 Å². The topological polar surface area (TPSA) is 32.3 Å². The van der Waals surface area contributed by atoms with Gasteiger partial charge >= 0.3 is 6.03 Å². The van der Waals surface area contributed by atoms with Crippen molar-refractivity contribution >= 4 is 6.03 Å². The lowest BCUT2D eigenvalue weighted by Gasteiger charge is -2.31. The summed E-state index contributed by atoms with van der Waals surface area (Å²) in [6.07, 6.45) is 1.86. The second kappa shape index (κ2) is 3.01. The van der Waals surface area contributed by atoms with E-state index in [-0.39, 0.29) is 12.1 Å². The van der Waals surface area contributed by atoms with E-state index < -0.39 is 0 Å². The van der Waals surface area contributed by atoms with Gasteiger partial charge in [0.2, 0.25) is 0 Å². The van der Waals surface area contributed by atoms with Gasteiger partial charge in [-0.15, -0.1) is 0 Å². The first-order valence-corrected chi connectivity index (χ1v) is 4.00. The minimum absolute atomic E-state index is 0.0880. The van der Waals surface area contributed by atoms with Crippen LogP contribution in [0.1, 0.15) is 20.8 Å². The minimum atomic E-state index is -0.0880. The van der Waals surface area contributed by atoms with E-state index in [1.165, 1.54) is 0 Å². The number of carbonyl (C=O) groups is 1. The van der Waals surface area contributed by atoms with Gasteiger partial charge in [0, 0.05) is 17.4 Å². The molecule has 0 aromatic rings. The van der Waals surface area contributed by atoms with Crippen LogP contribution in [0.3, 0.4) is 0 Å². The average Bonchev–Trinajstić information content (AvgIpc) is 1.82. The molecule has 1 rings (SSSR count). The molecule has 0 atom stereocenters. The Hall–Kier alpha value is -1.25. The molecule has 1 aliphatic rings. The van der Waals surface area contributed by atoms with E-state index in [2.05, 4.69) is 11.9 Å². The quantitative estimate of drug-likeness (QED) is 0.633. The summed E-state index contributed by atoms with van der Waals surface area (Å²) < 4.78 is 0. The molecular weight excluding hydrogens is 152 g/mol. The standard InChI is InChI=1S/C9H14N2O/c1-6(2)11-8(4)5-7(3)10-9(11)12/h5-6H,3H2,1-2,4H3,(H,10,12). The molecule has 0 bridgehead atoms. The van der Waals surface area contributed by atoms with Crippen molar-refractivity contribution in [1.29, 1.82) is 0 Å². The Labute approximate surface area is 72.7 Å². The fourth-order valence-electron chi connectivity index (χ4n) is 1.36. The van der Waals surface area contributed by atoms with Crippen molar-refractivity contribution < 1.29 is 4.79 Å². The maximum atomic E-state index is 11.4. The molecular formula is C9H14N2O. The van der Waals surface area contributed by atoms with Crippen LogP contribution in [0.5, 0.6) is 0 Å². The van der Waals surface area contributed by atoms with Gasteiger partial charge in [0.15, 0.2) is 0 Å². The Morgan fingerprint density at radius 1 is 1.58 bits per heavy atom. The van der Waals surface area contributed by atoms with Crippen LogP contribution in [-0.4, -0.2) is 17.0 Å². The van der Waals surface area contributed by atoms with E-state index in [0.29, 0.717) is 5.70 Å². The lowest BCUT2D eigenvalue weighted by Crippen LogP contribution is -2.44. The van der Waals surface area contributed by atoms with Crippen molar-refractivity contribution in [1.82, 2.24) is 10.2 Å². The Balaban J connectivity index is 2.94. The van der Waals surface area contributed by atoms with E-state index >= 15 is 0 Å². The Morgan fingerprint density at radius 3 is 2.58 bits per heavy atom. The average molecular weight is 166 g/mol.